The van der Waals surface area contributed by atoms with Crippen molar-refractivity contribution in [3.05, 3.63) is 23.9 Å². The van der Waals surface area contributed by atoms with Gasteiger partial charge in [0.1, 0.15) is 0 Å². The molecule has 0 spiro atoms. The van der Waals surface area contributed by atoms with Crippen LogP contribution in [-0.4, -0.2) is 19.0 Å². The Hall–Kier alpha value is 0.163. The molecule has 1 aliphatic rings. The molecule has 1 nitrogen and oxygen atoms in total. The van der Waals surface area contributed by atoms with Crippen molar-refractivity contribution in [1.29, 1.82) is 0 Å². The van der Waals surface area contributed by atoms with Gasteiger partial charge in [-0.25, -0.2) is 0 Å². The molecule has 0 fully saturated rings. The van der Waals surface area contributed by atoms with E-state index in [4.69, 9.17) is 0 Å². The fourth-order valence-corrected chi connectivity index (χ4v) is 0.768. The molecule has 2 heteroatoms. The fraction of sp³-hybridized carbons (Fsp3) is 0.429. The largest absolute Gasteiger partial charge is 0.381 e. The van der Waals surface area contributed by atoms with Gasteiger partial charge >= 0.3 is 0 Å². The standard InChI is InChI=1S/C7H11N.Zr/c1-8(2)7-5-3-4-6-7;/h3-5H,6H2,1-2H3;. The van der Waals surface area contributed by atoms with Crippen molar-refractivity contribution in [1.82, 2.24) is 4.90 Å². The van der Waals surface area contributed by atoms with Gasteiger partial charge in [-0.05, 0) is 6.08 Å². The first-order valence-electron chi connectivity index (χ1n) is 2.84. The van der Waals surface area contributed by atoms with Gasteiger partial charge in [0.05, 0.1) is 0 Å². The molecule has 1 rings (SSSR count). The summed E-state index contributed by atoms with van der Waals surface area (Å²) in [5.41, 5.74) is 1.39. The van der Waals surface area contributed by atoms with Gasteiger partial charge in [-0.1, -0.05) is 12.2 Å². The van der Waals surface area contributed by atoms with E-state index in [1.165, 1.54) is 5.70 Å². The van der Waals surface area contributed by atoms with Gasteiger partial charge < -0.3 is 4.90 Å². The molecule has 0 bridgehead atoms. The number of hydrogen-bond donors (Lipinski definition) is 0. The molecular weight excluding hydrogens is 189 g/mol. The van der Waals surface area contributed by atoms with Crippen LogP contribution in [0.4, 0.5) is 0 Å². The minimum Gasteiger partial charge on any atom is -0.381 e. The maximum absolute atomic E-state index is 2.16. The molecule has 0 unspecified atom stereocenters. The zero-order chi connectivity index (χ0) is 5.98. The van der Waals surface area contributed by atoms with Crippen LogP contribution in [-0.2, 0) is 26.2 Å². The van der Waals surface area contributed by atoms with Crippen LogP contribution in [0.3, 0.4) is 0 Å². The van der Waals surface area contributed by atoms with E-state index in [1.54, 1.807) is 0 Å². The minimum atomic E-state index is 0. The molecule has 1 aliphatic carbocycles. The molecule has 0 atom stereocenters. The number of rotatable bonds is 1. The topological polar surface area (TPSA) is 3.24 Å². The molecule has 0 aromatic rings. The third-order valence-corrected chi connectivity index (χ3v) is 1.33. The van der Waals surface area contributed by atoms with Gasteiger partial charge in [-0.15, -0.1) is 0 Å². The summed E-state index contributed by atoms with van der Waals surface area (Å²) in [7, 11) is 4.14. The molecule has 9 heavy (non-hydrogen) atoms. The van der Waals surface area contributed by atoms with Crippen LogP contribution in [0, 0.1) is 0 Å². The van der Waals surface area contributed by atoms with Crippen LogP contribution in [0.15, 0.2) is 23.9 Å². The second-order valence-corrected chi connectivity index (χ2v) is 2.18. The van der Waals surface area contributed by atoms with Crippen molar-refractivity contribution >= 4 is 0 Å². The van der Waals surface area contributed by atoms with Crippen molar-refractivity contribution in [2.45, 2.75) is 6.42 Å². The van der Waals surface area contributed by atoms with E-state index in [0.717, 1.165) is 6.42 Å². The molecule has 0 radical (unpaired) electrons. The summed E-state index contributed by atoms with van der Waals surface area (Å²) < 4.78 is 0. The molecule has 0 amide bonds. The molecule has 48 valence electrons. The average molecular weight is 200 g/mol. The van der Waals surface area contributed by atoms with Crippen LogP contribution >= 0.6 is 0 Å². The Morgan fingerprint density at radius 3 is 2.33 bits per heavy atom. The molecule has 0 heterocycles. The fourth-order valence-electron chi connectivity index (χ4n) is 0.768. The van der Waals surface area contributed by atoms with Crippen LogP contribution in [0.2, 0.25) is 0 Å². The first-order chi connectivity index (χ1) is 3.80. The summed E-state index contributed by atoms with van der Waals surface area (Å²) in [6.45, 7) is 0. The first-order valence-corrected chi connectivity index (χ1v) is 2.84. The Bertz CT molecular complexity index is 136. The Labute approximate surface area is 75.6 Å². The maximum Gasteiger partial charge on any atom is 0.0166 e. The van der Waals surface area contributed by atoms with Gasteiger partial charge in [-0.2, -0.15) is 0 Å². The van der Waals surface area contributed by atoms with E-state index < -0.39 is 0 Å². The Kier molecular flexibility index (Phi) is 4.13. The van der Waals surface area contributed by atoms with Gasteiger partial charge in [0.15, 0.2) is 0 Å². The Morgan fingerprint density at radius 1 is 1.44 bits per heavy atom. The summed E-state index contributed by atoms with van der Waals surface area (Å²) in [5, 5.41) is 0. The zero-order valence-electron chi connectivity index (χ0n) is 5.89. The SMILES string of the molecule is CN(C)C1=CC=CC1.[Zr]. The molecule has 0 saturated carbocycles. The number of allylic oxidation sites excluding steroid dienone is 3. The molecule has 0 aliphatic heterocycles. The van der Waals surface area contributed by atoms with Crippen LogP contribution < -0.4 is 0 Å². The quantitative estimate of drug-likeness (QED) is 0.618. The first kappa shape index (κ1) is 9.16. The van der Waals surface area contributed by atoms with E-state index >= 15 is 0 Å². The second kappa shape index (κ2) is 4.06. The summed E-state index contributed by atoms with van der Waals surface area (Å²) >= 11 is 0. The summed E-state index contributed by atoms with van der Waals surface area (Å²) in [6, 6.07) is 0. The second-order valence-electron chi connectivity index (χ2n) is 2.18. The Balaban J connectivity index is 0.000000640. The van der Waals surface area contributed by atoms with E-state index in [0.29, 0.717) is 0 Å². The molecule has 0 saturated heterocycles. The van der Waals surface area contributed by atoms with Crippen molar-refractivity contribution < 1.29 is 26.2 Å². The predicted octanol–water partition coefficient (Wildman–Crippen LogP) is 1.39. The normalized spacial score (nSPS) is 14.7. The third kappa shape index (κ3) is 2.49. The minimum absolute atomic E-state index is 0. The van der Waals surface area contributed by atoms with Crippen molar-refractivity contribution in [2.75, 3.05) is 14.1 Å². The summed E-state index contributed by atoms with van der Waals surface area (Å²) in [5.74, 6) is 0. The van der Waals surface area contributed by atoms with Gasteiger partial charge in [0.25, 0.3) is 0 Å². The van der Waals surface area contributed by atoms with E-state index in [1.807, 2.05) is 0 Å². The predicted molar refractivity (Wildman–Crippen MR) is 35.5 cm³/mol. The summed E-state index contributed by atoms with van der Waals surface area (Å²) in [6.07, 6.45) is 7.50. The Morgan fingerprint density at radius 2 is 2.11 bits per heavy atom. The average Bonchev–Trinajstić information content (AvgIpc) is 2.12. The van der Waals surface area contributed by atoms with Gasteiger partial charge in [0.2, 0.25) is 0 Å². The van der Waals surface area contributed by atoms with E-state index in [2.05, 4.69) is 37.2 Å². The van der Waals surface area contributed by atoms with Crippen molar-refractivity contribution in [3.8, 4) is 0 Å². The molecular formula is C7H11NZr. The summed E-state index contributed by atoms with van der Waals surface area (Å²) in [4.78, 5) is 2.14. The van der Waals surface area contributed by atoms with Crippen molar-refractivity contribution in [2.24, 2.45) is 0 Å². The zero-order valence-corrected chi connectivity index (χ0v) is 8.34. The smallest absolute Gasteiger partial charge is 0.0166 e. The van der Waals surface area contributed by atoms with E-state index in [9.17, 15) is 0 Å². The monoisotopic (exact) mass is 199 g/mol. The van der Waals surface area contributed by atoms with Crippen LogP contribution in [0.25, 0.3) is 0 Å². The van der Waals surface area contributed by atoms with Crippen LogP contribution in [0.5, 0.6) is 0 Å². The van der Waals surface area contributed by atoms with Gasteiger partial charge in [-0.3, -0.25) is 0 Å². The van der Waals surface area contributed by atoms with E-state index in [-0.39, 0.29) is 26.2 Å². The molecule has 0 aromatic carbocycles. The third-order valence-electron chi connectivity index (χ3n) is 1.33. The maximum atomic E-state index is 2.16. The van der Waals surface area contributed by atoms with Gasteiger partial charge in [0, 0.05) is 52.4 Å². The number of hydrogen-bond acceptors (Lipinski definition) is 1. The van der Waals surface area contributed by atoms with Crippen molar-refractivity contribution in [3.63, 3.8) is 0 Å². The van der Waals surface area contributed by atoms with Crippen LogP contribution in [0.1, 0.15) is 6.42 Å². The number of nitrogens with zero attached hydrogens (tertiary/aromatic N) is 1. The molecule has 0 N–H and O–H groups in total. The molecule has 0 aromatic heterocycles.